The molecular weight excluding hydrogens is 436 g/mol. The molecule has 4 nitrogen and oxygen atoms in total. The second kappa shape index (κ2) is 8.99. The molecule has 6 atom stereocenters. The smallest absolute Gasteiger partial charge is 0.333 e. The van der Waals surface area contributed by atoms with Gasteiger partial charge < -0.3 is 9.53 Å². The molecule has 4 heteroatoms. The van der Waals surface area contributed by atoms with Crippen LogP contribution in [0.3, 0.4) is 0 Å². The molecule has 0 aromatic carbocycles. The van der Waals surface area contributed by atoms with E-state index in [0.717, 1.165) is 57.8 Å². The zero-order valence-corrected chi connectivity index (χ0v) is 23.1. The molecule has 0 radical (unpaired) electrons. The number of carbonyl (C=O) groups excluding carboxylic acids is 3. The van der Waals surface area contributed by atoms with Gasteiger partial charge in [0.1, 0.15) is 12.1 Å². The molecule has 0 bridgehead atoms. The molecule has 2 fully saturated rings. The molecule has 0 saturated heterocycles. The SMILES string of the molecule is COC(=O)C(C)=CCC[C@H](C=O)[C@@H]1CC[C@]2(C)C3=C(CC[C@@]12C)[C@@]1(C)CCC(=O)C(C)(C)[C@@H]1CC3. The Bertz CT molecular complexity index is 970. The van der Waals surface area contributed by atoms with Crippen molar-refractivity contribution in [3.63, 3.8) is 0 Å². The molecule has 4 aliphatic rings. The average Bonchev–Trinajstić information content (AvgIpc) is 3.10. The number of allylic oxidation sites excluding steroid dienone is 3. The molecule has 194 valence electrons. The maximum absolute atomic E-state index is 12.8. The lowest BCUT2D eigenvalue weighted by molar-refractivity contribution is -0.139. The number of esters is 1. The maximum Gasteiger partial charge on any atom is 0.333 e. The highest BCUT2D eigenvalue weighted by molar-refractivity contribution is 5.87. The number of ketones is 1. The van der Waals surface area contributed by atoms with Crippen LogP contribution in [0.5, 0.6) is 0 Å². The lowest BCUT2D eigenvalue weighted by Crippen LogP contribution is -2.54. The number of hydrogen-bond donors (Lipinski definition) is 0. The number of carbonyl (C=O) groups is 3. The topological polar surface area (TPSA) is 60.4 Å². The van der Waals surface area contributed by atoms with E-state index in [1.54, 1.807) is 18.1 Å². The van der Waals surface area contributed by atoms with Crippen molar-refractivity contribution in [2.75, 3.05) is 7.11 Å². The first kappa shape index (κ1) is 26.4. The third kappa shape index (κ3) is 3.80. The van der Waals surface area contributed by atoms with Crippen LogP contribution in [0, 0.1) is 39.4 Å². The first-order valence-corrected chi connectivity index (χ1v) is 13.8. The lowest BCUT2D eigenvalue weighted by Gasteiger charge is -2.60. The first-order chi connectivity index (χ1) is 16.4. The minimum absolute atomic E-state index is 0.0174. The van der Waals surface area contributed by atoms with Crippen LogP contribution in [0.4, 0.5) is 0 Å². The Morgan fingerprint density at radius 3 is 2.40 bits per heavy atom. The summed E-state index contributed by atoms with van der Waals surface area (Å²) in [5.74, 6) is 0.982. The summed E-state index contributed by atoms with van der Waals surface area (Å²) >= 11 is 0. The fourth-order valence-electron chi connectivity index (χ4n) is 9.32. The zero-order valence-electron chi connectivity index (χ0n) is 23.1. The molecule has 2 saturated carbocycles. The molecule has 0 amide bonds. The predicted octanol–water partition coefficient (Wildman–Crippen LogP) is 7.02. The van der Waals surface area contributed by atoms with Gasteiger partial charge in [-0.15, -0.1) is 0 Å². The molecule has 0 N–H and O–H groups in total. The van der Waals surface area contributed by atoms with E-state index in [2.05, 4.69) is 34.6 Å². The molecule has 0 aliphatic heterocycles. The van der Waals surface area contributed by atoms with Crippen LogP contribution in [-0.2, 0) is 19.1 Å². The van der Waals surface area contributed by atoms with Crippen LogP contribution in [-0.4, -0.2) is 25.1 Å². The summed E-state index contributed by atoms with van der Waals surface area (Å²) in [4.78, 5) is 36.9. The summed E-state index contributed by atoms with van der Waals surface area (Å²) in [6.45, 7) is 13.6. The van der Waals surface area contributed by atoms with Crippen LogP contribution in [0.1, 0.15) is 106 Å². The number of ether oxygens (including phenoxy) is 1. The molecular formula is C31H46O4. The first-order valence-electron chi connectivity index (χ1n) is 13.8. The summed E-state index contributed by atoms with van der Waals surface area (Å²) in [6.07, 6.45) is 13.0. The average molecular weight is 483 g/mol. The van der Waals surface area contributed by atoms with E-state index in [9.17, 15) is 14.4 Å². The Morgan fingerprint density at radius 1 is 1.03 bits per heavy atom. The molecule has 4 rings (SSSR count). The monoisotopic (exact) mass is 482 g/mol. The number of methoxy groups -OCH3 is 1. The number of aldehydes is 1. The van der Waals surface area contributed by atoms with Gasteiger partial charge in [-0.2, -0.15) is 0 Å². The molecule has 0 unspecified atom stereocenters. The van der Waals surface area contributed by atoms with Gasteiger partial charge in [0.05, 0.1) is 7.11 Å². The molecule has 0 spiro atoms. The fraction of sp³-hybridized carbons (Fsp3) is 0.774. The Kier molecular flexibility index (Phi) is 6.77. The van der Waals surface area contributed by atoms with E-state index in [-0.39, 0.29) is 33.5 Å². The van der Waals surface area contributed by atoms with Crippen LogP contribution in [0.2, 0.25) is 0 Å². The van der Waals surface area contributed by atoms with Crippen molar-refractivity contribution in [1.82, 2.24) is 0 Å². The molecule has 0 aromatic rings. The van der Waals surface area contributed by atoms with E-state index in [0.29, 0.717) is 29.6 Å². The normalized spacial score (nSPS) is 39.4. The molecule has 35 heavy (non-hydrogen) atoms. The minimum Gasteiger partial charge on any atom is -0.466 e. The highest BCUT2D eigenvalue weighted by Crippen LogP contribution is 2.72. The number of Topliss-reactive ketones (excluding diaryl/α,β-unsaturated/α-hetero) is 1. The van der Waals surface area contributed by atoms with Crippen LogP contribution < -0.4 is 0 Å². The number of hydrogen-bond acceptors (Lipinski definition) is 4. The van der Waals surface area contributed by atoms with Crippen LogP contribution >= 0.6 is 0 Å². The third-order valence-electron chi connectivity index (χ3n) is 11.7. The van der Waals surface area contributed by atoms with E-state index < -0.39 is 0 Å². The van der Waals surface area contributed by atoms with Crippen molar-refractivity contribution in [2.45, 2.75) is 106 Å². The van der Waals surface area contributed by atoms with Crippen molar-refractivity contribution in [3.8, 4) is 0 Å². The van der Waals surface area contributed by atoms with E-state index in [1.807, 2.05) is 6.08 Å². The van der Waals surface area contributed by atoms with Crippen molar-refractivity contribution < 1.29 is 19.1 Å². The van der Waals surface area contributed by atoms with E-state index in [4.69, 9.17) is 4.74 Å². The zero-order chi connectivity index (χ0) is 25.8. The van der Waals surface area contributed by atoms with Crippen LogP contribution in [0.25, 0.3) is 0 Å². The summed E-state index contributed by atoms with van der Waals surface area (Å²) in [5.41, 5.74) is 4.12. The summed E-state index contributed by atoms with van der Waals surface area (Å²) < 4.78 is 4.81. The van der Waals surface area contributed by atoms with Gasteiger partial charge in [-0.05, 0) is 92.8 Å². The van der Waals surface area contributed by atoms with Gasteiger partial charge in [-0.1, -0.05) is 51.8 Å². The van der Waals surface area contributed by atoms with Gasteiger partial charge in [0, 0.05) is 23.3 Å². The highest BCUT2D eigenvalue weighted by Gasteiger charge is 2.63. The van der Waals surface area contributed by atoms with E-state index in [1.165, 1.54) is 13.4 Å². The lowest BCUT2D eigenvalue weighted by atomic mass is 9.43. The van der Waals surface area contributed by atoms with Crippen molar-refractivity contribution >= 4 is 18.0 Å². The number of fused-ring (bicyclic) bond motifs is 4. The Hall–Kier alpha value is -1.71. The van der Waals surface area contributed by atoms with Gasteiger partial charge in [-0.3, -0.25) is 4.79 Å². The Morgan fingerprint density at radius 2 is 1.74 bits per heavy atom. The fourth-order valence-corrected chi connectivity index (χ4v) is 9.32. The standard InChI is InChI=1S/C31H46O4/c1-20(27(34)35-7)9-8-10-21(19-32)22-13-17-31(6)24-11-12-25-28(2,3)26(33)15-16-29(25,4)23(24)14-18-30(22,31)5/h9,19,21-22,25H,8,10-18H2,1-7H3/t21-,22+,25+,29-,30+,31-/m1/s1. The van der Waals surface area contributed by atoms with Gasteiger partial charge in [-0.25, -0.2) is 4.79 Å². The van der Waals surface area contributed by atoms with Crippen molar-refractivity contribution in [1.29, 1.82) is 0 Å². The minimum atomic E-state index is -0.295. The molecule has 0 heterocycles. The van der Waals surface area contributed by atoms with Gasteiger partial charge >= 0.3 is 5.97 Å². The maximum atomic E-state index is 12.8. The Labute approximate surface area is 212 Å². The Balaban J connectivity index is 1.61. The largest absolute Gasteiger partial charge is 0.466 e. The molecule has 0 aromatic heterocycles. The van der Waals surface area contributed by atoms with Crippen LogP contribution in [0.15, 0.2) is 22.8 Å². The number of rotatable bonds is 6. The second-order valence-electron chi connectivity index (χ2n) is 13.3. The van der Waals surface area contributed by atoms with Gasteiger partial charge in [0.2, 0.25) is 0 Å². The summed E-state index contributed by atoms with van der Waals surface area (Å²) in [6, 6.07) is 0. The van der Waals surface area contributed by atoms with Crippen molar-refractivity contribution in [3.05, 3.63) is 22.8 Å². The second-order valence-corrected chi connectivity index (χ2v) is 13.3. The molecule has 4 aliphatic carbocycles. The third-order valence-corrected chi connectivity index (χ3v) is 11.7. The highest BCUT2D eigenvalue weighted by atomic mass is 16.5. The summed E-state index contributed by atoms with van der Waals surface area (Å²) in [5, 5.41) is 0. The quantitative estimate of drug-likeness (QED) is 0.177. The van der Waals surface area contributed by atoms with Gasteiger partial charge in [0.25, 0.3) is 0 Å². The summed E-state index contributed by atoms with van der Waals surface area (Å²) in [7, 11) is 1.40. The predicted molar refractivity (Wildman–Crippen MR) is 139 cm³/mol. The van der Waals surface area contributed by atoms with Crippen molar-refractivity contribution in [2.24, 2.45) is 39.4 Å². The van der Waals surface area contributed by atoms with Gasteiger partial charge in [0.15, 0.2) is 0 Å². The van der Waals surface area contributed by atoms with E-state index >= 15 is 0 Å².